The molecule has 13 nitrogen and oxygen atoms in total. The van der Waals surface area contributed by atoms with Crippen LogP contribution >= 0.6 is 0 Å². The van der Waals surface area contributed by atoms with Crippen LogP contribution in [0.15, 0.2) is 92.6 Å². The lowest BCUT2D eigenvalue weighted by molar-refractivity contribution is -0.154. The predicted molar refractivity (Wildman–Crippen MR) is 253 cm³/mol. The molecular formula is C53H67N5O8. The molecule has 66 heavy (non-hydrogen) atoms. The summed E-state index contributed by atoms with van der Waals surface area (Å²) in [7, 11) is 2.71. The van der Waals surface area contributed by atoms with Gasteiger partial charge in [-0.05, 0) is 110 Å². The number of rotatable bonds is 12. The van der Waals surface area contributed by atoms with E-state index in [0.717, 1.165) is 66.2 Å². The van der Waals surface area contributed by atoms with E-state index < -0.39 is 29.5 Å². The second kappa shape index (κ2) is 19.1. The highest BCUT2D eigenvalue weighted by Gasteiger charge is 2.53. The molecule has 6 unspecified atom stereocenters. The average Bonchev–Trinajstić information content (AvgIpc) is 4.11. The number of esters is 2. The van der Waals surface area contributed by atoms with E-state index in [4.69, 9.17) is 28.9 Å². The molecule has 4 aliphatic heterocycles. The van der Waals surface area contributed by atoms with Gasteiger partial charge in [-0.3, -0.25) is 19.4 Å². The van der Waals surface area contributed by atoms with Crippen LogP contribution in [0.4, 0.5) is 0 Å². The molecule has 5 heterocycles. The van der Waals surface area contributed by atoms with Crippen molar-refractivity contribution in [2.24, 2.45) is 34.6 Å². The van der Waals surface area contributed by atoms with Crippen molar-refractivity contribution in [1.82, 2.24) is 19.8 Å². The first-order valence-corrected chi connectivity index (χ1v) is 23.8. The molecule has 13 heteroatoms. The highest BCUT2D eigenvalue weighted by atomic mass is 16.7. The number of carbonyl (C=O) groups is 4. The summed E-state index contributed by atoms with van der Waals surface area (Å²) in [5.41, 5.74) is 12.0. The van der Waals surface area contributed by atoms with Gasteiger partial charge in [0, 0.05) is 24.7 Å². The molecule has 3 fully saturated rings. The average molecular weight is 902 g/mol. The molecule has 0 saturated carbocycles. The summed E-state index contributed by atoms with van der Waals surface area (Å²) in [5.74, 6) is -2.87. The number of amides is 2. The number of hydrogen-bond donors (Lipinski definition) is 1. The molecule has 0 radical (unpaired) electrons. The Morgan fingerprint density at radius 2 is 1.53 bits per heavy atom. The molecule has 8 rings (SSSR count). The topological polar surface area (TPSA) is 153 Å². The Hall–Kier alpha value is -5.40. The molecule has 1 N–H and O–H groups in total. The van der Waals surface area contributed by atoms with Crippen molar-refractivity contribution in [3.8, 4) is 0 Å². The third-order valence-corrected chi connectivity index (χ3v) is 14.8. The Bertz CT molecular complexity index is 2430. The largest absolute Gasteiger partial charge is 0.469 e. The molecular weight excluding hydrogens is 835 g/mol. The van der Waals surface area contributed by atoms with Crippen molar-refractivity contribution in [2.75, 3.05) is 40.5 Å². The number of nitrogens with zero attached hydrogens (tertiary/aromatic N) is 4. The van der Waals surface area contributed by atoms with Gasteiger partial charge in [0.05, 0.1) is 81.3 Å². The number of aromatic amines is 1. The normalized spacial score (nSPS) is 25.3. The van der Waals surface area contributed by atoms with Crippen LogP contribution in [-0.4, -0.2) is 108 Å². The van der Waals surface area contributed by atoms with Crippen LogP contribution in [0.25, 0.3) is 6.08 Å². The smallest absolute Gasteiger partial charge is 0.330 e. The van der Waals surface area contributed by atoms with E-state index in [1.54, 1.807) is 6.92 Å². The summed E-state index contributed by atoms with van der Waals surface area (Å²) in [6, 6.07) is -0.661. The van der Waals surface area contributed by atoms with Gasteiger partial charge in [-0.25, -0.2) is 9.78 Å². The molecule has 7 aliphatic rings. The van der Waals surface area contributed by atoms with Crippen molar-refractivity contribution < 1.29 is 38.1 Å². The zero-order valence-corrected chi connectivity index (χ0v) is 40.2. The summed E-state index contributed by atoms with van der Waals surface area (Å²) < 4.78 is 22.2. The first kappa shape index (κ1) is 47.1. The fourth-order valence-corrected chi connectivity index (χ4v) is 11.4. The summed E-state index contributed by atoms with van der Waals surface area (Å²) in [6.45, 7) is 19.6. The van der Waals surface area contributed by atoms with Crippen LogP contribution in [0.3, 0.4) is 0 Å². The summed E-state index contributed by atoms with van der Waals surface area (Å²) in [5, 5.41) is 0. The van der Waals surface area contributed by atoms with E-state index in [0.29, 0.717) is 38.2 Å². The summed E-state index contributed by atoms with van der Waals surface area (Å²) >= 11 is 0. The number of ether oxygens (including phenoxy) is 4. The molecule has 6 atom stereocenters. The van der Waals surface area contributed by atoms with Gasteiger partial charge < -0.3 is 33.7 Å². The van der Waals surface area contributed by atoms with E-state index in [1.807, 2.05) is 44.4 Å². The number of methoxy groups -OCH3 is 2. The monoisotopic (exact) mass is 901 g/mol. The first-order chi connectivity index (χ1) is 31.5. The Balaban J connectivity index is 0.987. The summed E-state index contributed by atoms with van der Waals surface area (Å²) in [6.07, 6.45) is 20.2. The van der Waals surface area contributed by atoms with Crippen LogP contribution in [0.2, 0.25) is 0 Å². The van der Waals surface area contributed by atoms with Crippen LogP contribution in [-0.2, 0) is 44.5 Å². The molecule has 1 aromatic rings. The zero-order chi connectivity index (χ0) is 47.2. The number of hydrogen-bond acceptors (Lipinski definition) is 10. The molecule has 352 valence electrons. The van der Waals surface area contributed by atoms with Crippen molar-refractivity contribution in [3.05, 3.63) is 105 Å². The number of dihydropyridines is 1. The van der Waals surface area contributed by atoms with Crippen molar-refractivity contribution in [2.45, 2.75) is 117 Å². The number of fused-ring (bicyclic) bond motifs is 2. The lowest BCUT2D eigenvalue weighted by Gasteiger charge is -2.35. The molecule has 3 aliphatic carbocycles. The number of imidazole rings is 1. The van der Waals surface area contributed by atoms with Crippen molar-refractivity contribution >= 4 is 35.5 Å². The van der Waals surface area contributed by atoms with Gasteiger partial charge in [0.15, 0.2) is 5.79 Å². The van der Waals surface area contributed by atoms with Gasteiger partial charge in [0.1, 0.15) is 5.82 Å². The van der Waals surface area contributed by atoms with Gasteiger partial charge in [-0.2, -0.15) is 0 Å². The lowest BCUT2D eigenvalue weighted by Crippen LogP contribution is -2.48. The van der Waals surface area contributed by atoms with Gasteiger partial charge in [-0.15, -0.1) is 0 Å². The predicted octanol–water partition coefficient (Wildman–Crippen LogP) is 8.06. The maximum atomic E-state index is 14.5. The summed E-state index contributed by atoms with van der Waals surface area (Å²) in [4.78, 5) is 71.3. The number of aliphatic imine (C=N–C) groups is 1. The standard InChI is InChI=1S/C53H67N5O8/c1-29(2)47(33(7)23-46(59)63-9)50(60)58-28-53(65-19-20-66-53)26-45(58)49-55-40-18-16-38(25-42(40)56-49)36-13-11-35(12-14-36)37-15-17-39-32(6)22-43(54-41(39)24-37)44-21-31(5)27-57(44)51(61)48(30(3)4)34(8)52(62)64-10/h11,13,15,17,22-23,25,29-30,34,41,44-45,47-48H,5,12,14,16,18-21,24,26-28H2,1-4,6-10H3,(H,55,56). The lowest BCUT2D eigenvalue weighted by atomic mass is 9.80. The molecule has 0 bridgehead atoms. The SMILES string of the molecule is C=C1CC(C2=NC3CC(C4=CC=C(C5=Cc6nc(C7CC8(CN7C(=O)C(C(C)=CC(=O)OC)C(C)C)OCCO8)[nH]c6CC5)CC4)=CC=C3C(C)=C2)N(C(=O)C(C(C)C)C(C)C(=O)OC)C1. The number of allylic oxidation sites excluding steroid dienone is 7. The minimum Gasteiger partial charge on any atom is -0.469 e. The fourth-order valence-electron chi connectivity index (χ4n) is 11.4. The molecule has 1 aromatic heterocycles. The molecule has 1 spiro atoms. The minimum atomic E-state index is -0.892. The minimum absolute atomic E-state index is 0.0449. The maximum Gasteiger partial charge on any atom is 0.330 e. The number of carbonyl (C=O) groups excluding carboxylic acids is 4. The zero-order valence-electron chi connectivity index (χ0n) is 40.2. The van der Waals surface area contributed by atoms with Crippen LogP contribution < -0.4 is 0 Å². The van der Waals surface area contributed by atoms with Gasteiger partial charge >= 0.3 is 11.9 Å². The second-order valence-corrected chi connectivity index (χ2v) is 19.9. The first-order valence-electron chi connectivity index (χ1n) is 23.8. The van der Waals surface area contributed by atoms with Gasteiger partial charge in [0.25, 0.3) is 0 Å². The van der Waals surface area contributed by atoms with Crippen molar-refractivity contribution in [3.63, 3.8) is 0 Å². The highest BCUT2D eigenvalue weighted by molar-refractivity contribution is 6.04. The van der Waals surface area contributed by atoms with Crippen LogP contribution in [0.1, 0.15) is 110 Å². The highest BCUT2D eigenvalue weighted by Crippen LogP contribution is 2.45. The Labute approximate surface area is 389 Å². The van der Waals surface area contributed by atoms with Gasteiger partial charge in [0.2, 0.25) is 11.8 Å². The fraction of sp³-hybridized carbons (Fsp3) is 0.547. The van der Waals surface area contributed by atoms with E-state index in [9.17, 15) is 19.2 Å². The number of nitrogens with one attached hydrogen (secondary N) is 1. The van der Waals surface area contributed by atoms with Crippen LogP contribution in [0.5, 0.6) is 0 Å². The van der Waals surface area contributed by atoms with E-state index in [2.05, 4.69) is 54.9 Å². The van der Waals surface area contributed by atoms with E-state index in [1.165, 1.54) is 48.2 Å². The Kier molecular flexibility index (Phi) is 13.6. The van der Waals surface area contributed by atoms with Crippen molar-refractivity contribution in [1.29, 1.82) is 0 Å². The van der Waals surface area contributed by atoms with E-state index >= 15 is 0 Å². The molecule has 0 aromatic carbocycles. The van der Waals surface area contributed by atoms with E-state index in [-0.39, 0.29) is 54.3 Å². The third kappa shape index (κ3) is 9.17. The second-order valence-electron chi connectivity index (χ2n) is 19.9. The molecule has 3 saturated heterocycles. The molecule has 2 amide bonds. The van der Waals surface area contributed by atoms with Gasteiger partial charge in [-0.1, -0.05) is 76.6 Å². The number of aryl methyl sites for hydroxylation is 1. The third-order valence-electron chi connectivity index (χ3n) is 14.8. The number of aromatic nitrogens is 2. The Morgan fingerprint density at radius 1 is 0.848 bits per heavy atom. The maximum absolute atomic E-state index is 14.5. The van der Waals surface area contributed by atoms with Crippen LogP contribution in [0, 0.1) is 29.6 Å². The number of H-pyrrole nitrogens is 1. The Morgan fingerprint density at radius 3 is 2.18 bits per heavy atom. The number of likely N-dealkylation sites (tertiary alicyclic amines) is 2. The quantitative estimate of drug-likeness (QED) is 0.125.